The molecule has 0 saturated carbocycles. The lowest BCUT2D eigenvalue weighted by Gasteiger charge is -2.42. The van der Waals surface area contributed by atoms with E-state index in [1.165, 1.54) is 5.56 Å². The number of aromatic nitrogens is 1. The van der Waals surface area contributed by atoms with Gasteiger partial charge in [0.05, 0.1) is 11.8 Å². The fraction of sp³-hybridized carbons (Fsp3) is 0.321. The molecule has 1 aliphatic rings. The fourth-order valence-electron chi connectivity index (χ4n) is 4.73. The maximum Gasteiger partial charge on any atom is 0.228 e. The van der Waals surface area contributed by atoms with Gasteiger partial charge in [-0.3, -0.25) is 14.6 Å². The van der Waals surface area contributed by atoms with E-state index in [-0.39, 0.29) is 11.8 Å². The highest BCUT2D eigenvalue weighted by atomic mass is 16.2. The van der Waals surface area contributed by atoms with Gasteiger partial charge in [0.25, 0.3) is 0 Å². The van der Waals surface area contributed by atoms with E-state index in [4.69, 9.17) is 0 Å². The van der Waals surface area contributed by atoms with Crippen molar-refractivity contribution in [1.82, 2.24) is 15.2 Å². The first kappa shape index (κ1) is 22.7. The number of carbonyl (C=O) groups is 2. The number of hydrogen-bond donors (Lipinski definition) is 1. The molecule has 33 heavy (non-hydrogen) atoms. The summed E-state index contributed by atoms with van der Waals surface area (Å²) in [5.41, 5.74) is 3.72. The molecule has 1 N–H and O–H groups in total. The van der Waals surface area contributed by atoms with Crippen LogP contribution in [-0.2, 0) is 22.4 Å². The van der Waals surface area contributed by atoms with Crippen LogP contribution in [0, 0.1) is 5.41 Å². The Kier molecular flexibility index (Phi) is 7.18. The third-order valence-electron chi connectivity index (χ3n) is 6.43. The van der Waals surface area contributed by atoms with Crippen molar-refractivity contribution in [2.24, 2.45) is 5.41 Å². The lowest BCUT2D eigenvalue weighted by Crippen LogP contribution is -2.54. The predicted molar refractivity (Wildman–Crippen MR) is 130 cm³/mol. The zero-order valence-electron chi connectivity index (χ0n) is 19.2. The molecule has 5 heteroatoms. The summed E-state index contributed by atoms with van der Waals surface area (Å²) < 4.78 is 0. The van der Waals surface area contributed by atoms with E-state index in [1.807, 2.05) is 42.2 Å². The molecular formula is C28H31N3O2. The van der Waals surface area contributed by atoms with Gasteiger partial charge in [-0.25, -0.2) is 0 Å². The molecule has 0 radical (unpaired) electrons. The van der Waals surface area contributed by atoms with Gasteiger partial charge in [0, 0.05) is 32.0 Å². The van der Waals surface area contributed by atoms with E-state index in [9.17, 15) is 9.59 Å². The van der Waals surface area contributed by atoms with Crippen molar-refractivity contribution >= 4 is 11.8 Å². The number of benzene rings is 2. The van der Waals surface area contributed by atoms with Crippen LogP contribution in [0.3, 0.4) is 0 Å². The Hall–Kier alpha value is -3.47. The molecule has 1 unspecified atom stereocenters. The Bertz CT molecular complexity index is 1070. The molecule has 3 aromatic rings. The van der Waals surface area contributed by atoms with Crippen molar-refractivity contribution in [2.45, 2.75) is 32.6 Å². The van der Waals surface area contributed by atoms with E-state index in [0.29, 0.717) is 32.5 Å². The van der Waals surface area contributed by atoms with Crippen LogP contribution in [0.2, 0.25) is 0 Å². The molecule has 5 nitrogen and oxygen atoms in total. The lowest BCUT2D eigenvalue weighted by molar-refractivity contribution is -0.141. The second kappa shape index (κ2) is 10.4. The fourth-order valence-corrected chi connectivity index (χ4v) is 4.73. The molecule has 4 rings (SSSR count). The zero-order valence-corrected chi connectivity index (χ0v) is 19.2. The number of nitrogens with one attached hydrogen (secondary N) is 1. The number of nitrogens with zero attached hydrogens (tertiary/aromatic N) is 2. The van der Waals surface area contributed by atoms with E-state index in [2.05, 4.69) is 46.7 Å². The van der Waals surface area contributed by atoms with Crippen molar-refractivity contribution in [3.05, 3.63) is 90.3 Å². The Labute approximate surface area is 195 Å². The lowest BCUT2D eigenvalue weighted by atomic mass is 9.74. The molecule has 1 saturated heterocycles. The van der Waals surface area contributed by atoms with Crippen molar-refractivity contribution in [3.8, 4) is 11.1 Å². The summed E-state index contributed by atoms with van der Waals surface area (Å²) in [6.07, 6.45) is 5.95. The summed E-state index contributed by atoms with van der Waals surface area (Å²) >= 11 is 0. The van der Waals surface area contributed by atoms with Crippen LogP contribution in [0.15, 0.2) is 79.1 Å². The third-order valence-corrected chi connectivity index (χ3v) is 6.43. The molecule has 0 aliphatic carbocycles. The van der Waals surface area contributed by atoms with Gasteiger partial charge in [0.15, 0.2) is 0 Å². The van der Waals surface area contributed by atoms with Crippen LogP contribution in [0.5, 0.6) is 0 Å². The first-order valence-corrected chi connectivity index (χ1v) is 11.7. The molecule has 1 aliphatic heterocycles. The van der Waals surface area contributed by atoms with Gasteiger partial charge in [0.1, 0.15) is 0 Å². The largest absolute Gasteiger partial charge is 0.356 e. The Morgan fingerprint density at radius 1 is 0.970 bits per heavy atom. The average molecular weight is 442 g/mol. The molecule has 1 atom stereocenters. The molecule has 170 valence electrons. The van der Waals surface area contributed by atoms with Gasteiger partial charge in [-0.1, -0.05) is 60.7 Å². The Morgan fingerprint density at radius 2 is 1.73 bits per heavy atom. The second-order valence-electron chi connectivity index (χ2n) is 8.84. The number of carbonyl (C=O) groups excluding carboxylic acids is 2. The van der Waals surface area contributed by atoms with Crippen LogP contribution >= 0.6 is 0 Å². The summed E-state index contributed by atoms with van der Waals surface area (Å²) in [5, 5.41) is 3.04. The third kappa shape index (κ3) is 5.48. The van der Waals surface area contributed by atoms with Crippen molar-refractivity contribution in [2.75, 3.05) is 19.6 Å². The molecule has 0 bridgehead atoms. The first-order chi connectivity index (χ1) is 16.1. The van der Waals surface area contributed by atoms with Crippen LogP contribution in [-0.4, -0.2) is 41.3 Å². The highest BCUT2D eigenvalue weighted by molar-refractivity contribution is 5.85. The summed E-state index contributed by atoms with van der Waals surface area (Å²) in [6.45, 7) is 3.65. The van der Waals surface area contributed by atoms with Crippen molar-refractivity contribution in [3.63, 3.8) is 0 Å². The van der Waals surface area contributed by atoms with E-state index < -0.39 is 5.41 Å². The summed E-state index contributed by atoms with van der Waals surface area (Å²) in [4.78, 5) is 32.3. The summed E-state index contributed by atoms with van der Waals surface area (Å²) in [6, 6.07) is 22.5. The molecule has 2 amide bonds. The van der Waals surface area contributed by atoms with Gasteiger partial charge < -0.3 is 10.2 Å². The summed E-state index contributed by atoms with van der Waals surface area (Å²) in [7, 11) is 0. The smallest absolute Gasteiger partial charge is 0.228 e. The van der Waals surface area contributed by atoms with Crippen LogP contribution < -0.4 is 5.32 Å². The van der Waals surface area contributed by atoms with E-state index in [0.717, 1.165) is 29.5 Å². The highest BCUT2D eigenvalue weighted by Gasteiger charge is 2.43. The van der Waals surface area contributed by atoms with Gasteiger partial charge in [-0.15, -0.1) is 0 Å². The maximum atomic E-state index is 13.3. The molecular weight excluding hydrogens is 410 g/mol. The minimum Gasteiger partial charge on any atom is -0.356 e. The molecule has 2 heterocycles. The van der Waals surface area contributed by atoms with Crippen molar-refractivity contribution in [1.29, 1.82) is 0 Å². The van der Waals surface area contributed by atoms with Gasteiger partial charge >= 0.3 is 0 Å². The number of piperidine rings is 1. The van der Waals surface area contributed by atoms with Gasteiger partial charge in [-0.05, 0) is 54.5 Å². The minimum atomic E-state index is -0.618. The zero-order chi connectivity index (χ0) is 23.1. The van der Waals surface area contributed by atoms with Gasteiger partial charge in [0.2, 0.25) is 11.8 Å². The first-order valence-electron chi connectivity index (χ1n) is 11.7. The Balaban J connectivity index is 1.53. The predicted octanol–water partition coefficient (Wildman–Crippen LogP) is 4.28. The number of hydrogen-bond acceptors (Lipinski definition) is 3. The van der Waals surface area contributed by atoms with Crippen LogP contribution in [0.1, 0.15) is 30.9 Å². The van der Waals surface area contributed by atoms with Crippen LogP contribution in [0.4, 0.5) is 0 Å². The SMILES string of the molecule is CCNC(=O)C1(Cc2ccc(-c3ccccc3)cc2)CCCN(C(=O)Cc2cccnc2)C1. The number of amides is 2. The normalized spacial score (nSPS) is 18.0. The highest BCUT2D eigenvalue weighted by Crippen LogP contribution is 2.35. The quantitative estimate of drug-likeness (QED) is 0.595. The number of likely N-dealkylation sites (tertiary alicyclic amines) is 1. The van der Waals surface area contributed by atoms with Crippen molar-refractivity contribution < 1.29 is 9.59 Å². The molecule has 1 fully saturated rings. The standard InChI is InChI=1S/C28H31N3O2/c1-2-30-27(33)28(19-22-11-13-25(14-12-22)24-9-4-3-5-10-24)15-7-17-31(21-28)26(32)18-23-8-6-16-29-20-23/h3-6,8-14,16,20H,2,7,15,17-19,21H2,1H3,(H,30,33). The van der Waals surface area contributed by atoms with E-state index in [1.54, 1.807) is 12.4 Å². The summed E-state index contributed by atoms with van der Waals surface area (Å²) in [5.74, 6) is 0.0896. The molecule has 2 aromatic carbocycles. The topological polar surface area (TPSA) is 62.3 Å². The second-order valence-corrected chi connectivity index (χ2v) is 8.84. The van der Waals surface area contributed by atoms with E-state index >= 15 is 0 Å². The Morgan fingerprint density at radius 3 is 2.42 bits per heavy atom. The minimum absolute atomic E-state index is 0.0380. The molecule has 1 aromatic heterocycles. The average Bonchev–Trinajstić information content (AvgIpc) is 2.86. The molecule has 0 spiro atoms. The maximum absolute atomic E-state index is 13.3. The van der Waals surface area contributed by atoms with Gasteiger partial charge in [-0.2, -0.15) is 0 Å². The number of rotatable bonds is 7. The van der Waals surface area contributed by atoms with Crippen LogP contribution in [0.25, 0.3) is 11.1 Å². The number of pyridine rings is 1. The monoisotopic (exact) mass is 441 g/mol.